The molecular formula is C10H8NO. The van der Waals surface area contributed by atoms with Crippen LogP contribution < -0.4 is 0 Å². The van der Waals surface area contributed by atoms with Crippen LogP contribution in [-0.4, -0.2) is 10.8 Å². The third-order valence-electron chi connectivity index (χ3n) is 1.89. The number of carbonyl (C=O) groups is 1. The van der Waals surface area contributed by atoms with E-state index in [1.807, 2.05) is 24.3 Å². The molecule has 0 saturated heterocycles. The topological polar surface area (TPSA) is 32.9 Å². The fourth-order valence-electron chi connectivity index (χ4n) is 1.30. The molecule has 0 aliphatic rings. The smallest absolute Gasteiger partial charge is 0.165 e. The van der Waals surface area contributed by atoms with Crippen molar-refractivity contribution in [2.75, 3.05) is 0 Å². The quantitative estimate of drug-likeness (QED) is 0.634. The first-order valence-electron chi connectivity index (χ1n) is 3.71. The minimum atomic E-state index is -0.146. The van der Waals surface area contributed by atoms with Gasteiger partial charge in [-0.25, -0.2) is 0 Å². The second kappa shape index (κ2) is 2.48. The van der Waals surface area contributed by atoms with E-state index in [2.05, 4.69) is 11.9 Å². The Morgan fingerprint density at radius 3 is 2.83 bits per heavy atom. The Morgan fingerprint density at radius 2 is 2.08 bits per heavy atom. The molecule has 2 nitrogen and oxygen atoms in total. The lowest BCUT2D eigenvalue weighted by molar-refractivity contribution is 0.104. The van der Waals surface area contributed by atoms with Gasteiger partial charge in [-0.3, -0.25) is 4.79 Å². The van der Waals surface area contributed by atoms with Crippen LogP contribution >= 0.6 is 0 Å². The molecule has 0 aliphatic heterocycles. The van der Waals surface area contributed by atoms with Gasteiger partial charge in [-0.1, -0.05) is 18.2 Å². The number of benzene rings is 1. The molecule has 2 aromatic rings. The molecule has 1 N–H and O–H groups in total. The highest BCUT2D eigenvalue weighted by molar-refractivity contribution is 6.09. The predicted octanol–water partition coefficient (Wildman–Crippen LogP) is 2.18. The van der Waals surface area contributed by atoms with Crippen molar-refractivity contribution in [1.82, 2.24) is 4.98 Å². The average Bonchev–Trinajstić information content (AvgIpc) is 2.47. The highest BCUT2D eigenvalue weighted by atomic mass is 16.1. The number of nitrogens with one attached hydrogen (secondary N) is 1. The molecule has 0 unspecified atom stereocenters. The highest BCUT2D eigenvalue weighted by Crippen LogP contribution is 2.17. The van der Waals surface area contributed by atoms with Gasteiger partial charge in [0.1, 0.15) is 0 Å². The molecule has 0 bridgehead atoms. The van der Waals surface area contributed by atoms with Crippen LogP contribution in [0.15, 0.2) is 30.5 Å². The zero-order valence-electron chi connectivity index (χ0n) is 6.50. The zero-order chi connectivity index (χ0) is 8.55. The summed E-state index contributed by atoms with van der Waals surface area (Å²) in [5.41, 5.74) is 1.63. The monoisotopic (exact) mass is 158 g/mol. The first-order chi connectivity index (χ1) is 5.79. The fraction of sp³-hybridized carbons (Fsp3) is 0. The summed E-state index contributed by atoms with van der Waals surface area (Å²) in [5, 5.41) is 0.942. The highest BCUT2D eigenvalue weighted by Gasteiger charge is 2.05. The van der Waals surface area contributed by atoms with Gasteiger partial charge in [0.2, 0.25) is 0 Å². The Hall–Kier alpha value is -1.57. The molecular weight excluding hydrogens is 150 g/mol. The molecule has 59 valence electrons. The Kier molecular flexibility index (Phi) is 1.47. The van der Waals surface area contributed by atoms with Crippen molar-refractivity contribution in [1.29, 1.82) is 0 Å². The molecule has 0 atom stereocenters. The van der Waals surface area contributed by atoms with Crippen LogP contribution in [-0.2, 0) is 0 Å². The summed E-state index contributed by atoms with van der Waals surface area (Å²) >= 11 is 0. The van der Waals surface area contributed by atoms with Crippen molar-refractivity contribution in [3.8, 4) is 0 Å². The number of ketones is 1. The number of aromatic amines is 1. The number of aromatic nitrogens is 1. The van der Waals surface area contributed by atoms with Crippen LogP contribution in [0.3, 0.4) is 0 Å². The van der Waals surface area contributed by atoms with E-state index in [0.717, 1.165) is 10.9 Å². The van der Waals surface area contributed by atoms with E-state index in [1.165, 1.54) is 0 Å². The molecule has 2 heteroatoms. The Bertz CT molecular complexity index is 428. The van der Waals surface area contributed by atoms with Gasteiger partial charge >= 0.3 is 0 Å². The predicted molar refractivity (Wildman–Crippen MR) is 48.0 cm³/mol. The van der Waals surface area contributed by atoms with Crippen LogP contribution in [0.4, 0.5) is 0 Å². The zero-order valence-corrected chi connectivity index (χ0v) is 6.50. The minimum absolute atomic E-state index is 0.146. The van der Waals surface area contributed by atoms with Crippen LogP contribution in [0.2, 0.25) is 0 Å². The van der Waals surface area contributed by atoms with Crippen molar-refractivity contribution in [2.24, 2.45) is 0 Å². The van der Waals surface area contributed by atoms with E-state index < -0.39 is 0 Å². The second-order valence-electron chi connectivity index (χ2n) is 2.67. The van der Waals surface area contributed by atoms with E-state index in [4.69, 9.17) is 0 Å². The van der Waals surface area contributed by atoms with Gasteiger partial charge in [0, 0.05) is 29.6 Å². The van der Waals surface area contributed by atoms with E-state index in [0.29, 0.717) is 5.56 Å². The SMILES string of the molecule is [CH2]C(=O)c1c[nH]c2ccccc12. The van der Waals surface area contributed by atoms with Gasteiger partial charge in [0.15, 0.2) is 5.78 Å². The van der Waals surface area contributed by atoms with Gasteiger partial charge in [-0.05, 0) is 6.07 Å². The van der Waals surface area contributed by atoms with Crippen molar-refractivity contribution in [3.63, 3.8) is 0 Å². The molecule has 0 spiro atoms. The number of rotatable bonds is 1. The van der Waals surface area contributed by atoms with Crippen LogP contribution in [0.5, 0.6) is 0 Å². The van der Waals surface area contributed by atoms with Gasteiger partial charge in [0.25, 0.3) is 0 Å². The van der Waals surface area contributed by atoms with Crippen LogP contribution in [0.25, 0.3) is 10.9 Å². The molecule has 1 heterocycles. The number of para-hydroxylation sites is 1. The summed E-state index contributed by atoms with van der Waals surface area (Å²) in [6.07, 6.45) is 1.69. The average molecular weight is 158 g/mol. The first-order valence-corrected chi connectivity index (χ1v) is 3.71. The van der Waals surface area contributed by atoms with Crippen molar-refractivity contribution in [2.45, 2.75) is 0 Å². The Balaban J connectivity index is 2.79. The Morgan fingerprint density at radius 1 is 1.33 bits per heavy atom. The van der Waals surface area contributed by atoms with Gasteiger partial charge < -0.3 is 4.98 Å². The van der Waals surface area contributed by atoms with Crippen molar-refractivity contribution >= 4 is 16.7 Å². The molecule has 0 saturated carbocycles. The second-order valence-corrected chi connectivity index (χ2v) is 2.67. The molecule has 12 heavy (non-hydrogen) atoms. The van der Waals surface area contributed by atoms with E-state index in [9.17, 15) is 4.79 Å². The van der Waals surface area contributed by atoms with Crippen LogP contribution in [0, 0.1) is 6.92 Å². The van der Waals surface area contributed by atoms with Gasteiger partial charge in [-0.2, -0.15) is 0 Å². The lowest BCUT2D eigenvalue weighted by atomic mass is 10.1. The maximum atomic E-state index is 11.0. The third-order valence-corrected chi connectivity index (χ3v) is 1.89. The number of carbonyl (C=O) groups excluding carboxylic acids is 1. The molecule has 0 amide bonds. The largest absolute Gasteiger partial charge is 0.360 e. The summed E-state index contributed by atoms with van der Waals surface area (Å²) in [6, 6.07) is 7.67. The fourth-order valence-corrected chi connectivity index (χ4v) is 1.30. The lowest BCUT2D eigenvalue weighted by Crippen LogP contribution is -1.88. The molecule has 1 aromatic heterocycles. The molecule has 1 radical (unpaired) electrons. The number of hydrogen-bond donors (Lipinski definition) is 1. The summed E-state index contributed by atoms with van der Waals surface area (Å²) in [5.74, 6) is -0.146. The molecule has 0 aliphatic carbocycles. The molecule has 0 fully saturated rings. The summed E-state index contributed by atoms with van der Waals surface area (Å²) in [7, 11) is 0. The van der Waals surface area contributed by atoms with E-state index >= 15 is 0 Å². The van der Waals surface area contributed by atoms with E-state index in [-0.39, 0.29) is 5.78 Å². The standard InChI is InChI=1S/C10H8NO/c1-7(12)9-6-11-10-5-3-2-4-8(9)10/h2-6,11H,1H2. The maximum Gasteiger partial charge on any atom is 0.165 e. The first kappa shape index (κ1) is 7.10. The molecule has 2 rings (SSSR count). The third kappa shape index (κ3) is 0.925. The number of hydrogen-bond acceptors (Lipinski definition) is 1. The van der Waals surface area contributed by atoms with E-state index in [1.54, 1.807) is 6.20 Å². The minimum Gasteiger partial charge on any atom is -0.360 e. The Labute approximate surface area is 70.2 Å². The molecule has 1 aromatic carbocycles. The summed E-state index contributed by atoms with van der Waals surface area (Å²) in [4.78, 5) is 14.0. The van der Waals surface area contributed by atoms with Crippen molar-refractivity contribution in [3.05, 3.63) is 42.9 Å². The normalized spacial score (nSPS) is 10.4. The van der Waals surface area contributed by atoms with Crippen LogP contribution in [0.1, 0.15) is 10.4 Å². The maximum absolute atomic E-state index is 11.0. The lowest BCUT2D eigenvalue weighted by Gasteiger charge is -1.90. The number of H-pyrrole nitrogens is 1. The summed E-state index contributed by atoms with van der Waals surface area (Å²) in [6.45, 7) is 3.37. The van der Waals surface area contributed by atoms with Gasteiger partial charge in [-0.15, -0.1) is 0 Å². The van der Waals surface area contributed by atoms with Gasteiger partial charge in [0.05, 0.1) is 0 Å². The number of fused-ring (bicyclic) bond motifs is 1. The van der Waals surface area contributed by atoms with Crippen molar-refractivity contribution < 1.29 is 4.79 Å². The number of Topliss-reactive ketones (excluding diaryl/α,β-unsaturated/α-hetero) is 1. The summed E-state index contributed by atoms with van der Waals surface area (Å²) < 4.78 is 0.